The molecule has 0 aliphatic carbocycles. The van der Waals surface area contributed by atoms with Crippen LogP contribution in [0.15, 0.2) is 212 Å². The first-order valence-corrected chi connectivity index (χ1v) is 22.7. The minimum Gasteiger partial charge on any atom is -0.309 e. The molecule has 0 unspecified atom stereocenters. The SMILES string of the molecule is c1ccc(-c2nc(-c3ccc4ccccc4c3)nc(-c3cc(-n4c5ccc(-n6c7ccccc7c7ccccc76)cc5c5c6ccccc6ccc54)cc4c3sc3ccccc34)n2)cc1. The Balaban J connectivity index is 1.07. The predicted molar refractivity (Wildman–Crippen MR) is 273 cm³/mol. The van der Waals surface area contributed by atoms with Gasteiger partial charge in [-0.1, -0.05) is 152 Å². The molecule has 6 heteroatoms. The monoisotopic (exact) mass is 845 g/mol. The van der Waals surface area contributed by atoms with Crippen LogP contribution in [0.3, 0.4) is 0 Å². The highest BCUT2D eigenvalue weighted by Gasteiger charge is 2.22. The van der Waals surface area contributed by atoms with Crippen molar-refractivity contribution in [3.05, 3.63) is 212 Å². The Labute approximate surface area is 376 Å². The zero-order chi connectivity index (χ0) is 42.6. The molecule has 0 N–H and O–H groups in total. The number of benzene rings is 10. The van der Waals surface area contributed by atoms with E-state index < -0.39 is 0 Å². The van der Waals surface area contributed by atoms with E-state index in [1.165, 1.54) is 64.2 Å². The van der Waals surface area contributed by atoms with Gasteiger partial charge in [0.15, 0.2) is 17.5 Å². The highest BCUT2D eigenvalue weighted by atomic mass is 32.1. The van der Waals surface area contributed by atoms with Gasteiger partial charge in [-0.05, 0) is 82.2 Å². The molecule has 14 aromatic rings. The number of nitrogens with zero attached hydrogens (tertiary/aromatic N) is 5. The smallest absolute Gasteiger partial charge is 0.165 e. The third-order valence-corrected chi connectivity index (χ3v) is 14.3. The van der Waals surface area contributed by atoms with Crippen LogP contribution in [0.25, 0.3) is 131 Å². The number of hydrogen-bond acceptors (Lipinski definition) is 4. The molecule has 5 nitrogen and oxygen atoms in total. The largest absolute Gasteiger partial charge is 0.309 e. The summed E-state index contributed by atoms with van der Waals surface area (Å²) >= 11 is 1.79. The summed E-state index contributed by atoms with van der Waals surface area (Å²) in [6.07, 6.45) is 0. The van der Waals surface area contributed by atoms with Gasteiger partial charge in [0.05, 0.1) is 22.1 Å². The van der Waals surface area contributed by atoms with Crippen LogP contribution in [0, 0.1) is 0 Å². The first kappa shape index (κ1) is 36.1. The van der Waals surface area contributed by atoms with Crippen molar-refractivity contribution in [1.82, 2.24) is 24.1 Å². The fourth-order valence-electron chi connectivity index (χ4n) is 10.2. The van der Waals surface area contributed by atoms with Crippen LogP contribution >= 0.6 is 11.3 Å². The Morgan fingerprint density at radius 3 is 1.69 bits per heavy atom. The first-order valence-electron chi connectivity index (χ1n) is 21.9. The maximum atomic E-state index is 5.38. The van der Waals surface area contributed by atoms with Gasteiger partial charge in [-0.25, -0.2) is 15.0 Å². The summed E-state index contributed by atoms with van der Waals surface area (Å²) in [6.45, 7) is 0. The zero-order valence-electron chi connectivity index (χ0n) is 34.9. The summed E-state index contributed by atoms with van der Waals surface area (Å²) in [4.78, 5) is 15.9. The highest BCUT2D eigenvalue weighted by molar-refractivity contribution is 7.26. The first-order chi connectivity index (χ1) is 32.2. The van der Waals surface area contributed by atoms with E-state index in [4.69, 9.17) is 15.0 Å². The third kappa shape index (κ3) is 5.54. The number of rotatable bonds is 5. The van der Waals surface area contributed by atoms with Gasteiger partial charge >= 0.3 is 0 Å². The van der Waals surface area contributed by atoms with Crippen molar-refractivity contribution in [1.29, 1.82) is 0 Å². The summed E-state index contributed by atoms with van der Waals surface area (Å²) in [7, 11) is 0. The fraction of sp³-hybridized carbons (Fsp3) is 0. The molecule has 0 fully saturated rings. The molecule has 0 bridgehead atoms. The topological polar surface area (TPSA) is 48.5 Å². The van der Waals surface area contributed by atoms with Gasteiger partial charge in [0, 0.05) is 69.8 Å². The van der Waals surface area contributed by atoms with Crippen molar-refractivity contribution >= 4 is 96.7 Å². The van der Waals surface area contributed by atoms with Gasteiger partial charge in [-0.3, -0.25) is 0 Å². The van der Waals surface area contributed by atoms with Gasteiger partial charge in [0.2, 0.25) is 0 Å². The Morgan fingerprint density at radius 1 is 0.323 bits per heavy atom. The molecule has 4 heterocycles. The lowest BCUT2D eigenvalue weighted by molar-refractivity contribution is 1.08. The number of para-hydroxylation sites is 2. The maximum absolute atomic E-state index is 5.38. The van der Waals surface area contributed by atoms with E-state index in [0.29, 0.717) is 17.5 Å². The summed E-state index contributed by atoms with van der Waals surface area (Å²) in [5.74, 6) is 1.92. The van der Waals surface area contributed by atoms with E-state index in [1.807, 2.05) is 18.2 Å². The zero-order valence-corrected chi connectivity index (χ0v) is 35.7. The minimum absolute atomic E-state index is 0.638. The molecule has 0 atom stereocenters. The second-order valence-electron chi connectivity index (χ2n) is 16.8. The number of aromatic nitrogens is 5. The Kier molecular flexibility index (Phi) is 7.79. The van der Waals surface area contributed by atoms with Crippen molar-refractivity contribution in [2.24, 2.45) is 0 Å². The molecule has 14 rings (SSSR count). The summed E-state index contributed by atoms with van der Waals surface area (Å²) in [5.41, 5.74) is 9.68. The van der Waals surface area contributed by atoms with E-state index in [0.717, 1.165) is 49.2 Å². The molecule has 65 heavy (non-hydrogen) atoms. The van der Waals surface area contributed by atoms with Gasteiger partial charge in [-0.2, -0.15) is 0 Å². The molecule has 0 aliphatic rings. The number of fused-ring (bicyclic) bond motifs is 12. The van der Waals surface area contributed by atoms with Crippen molar-refractivity contribution in [2.45, 2.75) is 0 Å². The molecule has 302 valence electrons. The van der Waals surface area contributed by atoms with Crippen molar-refractivity contribution < 1.29 is 0 Å². The molecule has 0 saturated heterocycles. The normalized spacial score (nSPS) is 12.0. The van der Waals surface area contributed by atoms with E-state index in [1.54, 1.807) is 11.3 Å². The summed E-state index contributed by atoms with van der Waals surface area (Å²) in [6, 6.07) is 76.3. The standard InChI is InChI=1S/C59H35N5S/c1-2-16-38(17-3-1)57-60-58(40-27-26-36-14-4-5-18-39(36)32-40)62-59(61-57)49-35-42(34-47-46-22-10-13-25-54(46)65-56(47)49)64-52-31-29-41(33-48(52)55-43-19-7-6-15-37(43)28-30-53(55)64)63-50-23-11-8-20-44(50)45-21-9-12-24-51(45)63/h1-35H. The van der Waals surface area contributed by atoms with Crippen LogP contribution in [0.4, 0.5) is 0 Å². The highest BCUT2D eigenvalue weighted by Crippen LogP contribution is 2.45. The average Bonchev–Trinajstić information content (AvgIpc) is 4.04. The van der Waals surface area contributed by atoms with Crippen LogP contribution in [-0.4, -0.2) is 24.1 Å². The van der Waals surface area contributed by atoms with Crippen LogP contribution < -0.4 is 0 Å². The second kappa shape index (κ2) is 14.0. The molecule has 0 spiro atoms. The quantitative estimate of drug-likeness (QED) is 0.173. The minimum atomic E-state index is 0.638. The van der Waals surface area contributed by atoms with E-state index >= 15 is 0 Å². The lowest BCUT2D eigenvalue weighted by Crippen LogP contribution is -2.01. The maximum Gasteiger partial charge on any atom is 0.165 e. The second-order valence-corrected chi connectivity index (χ2v) is 17.8. The lowest BCUT2D eigenvalue weighted by Gasteiger charge is -2.14. The summed E-state index contributed by atoms with van der Waals surface area (Å²) < 4.78 is 7.23. The van der Waals surface area contributed by atoms with E-state index in [-0.39, 0.29) is 0 Å². The van der Waals surface area contributed by atoms with Gasteiger partial charge in [-0.15, -0.1) is 11.3 Å². The average molecular weight is 846 g/mol. The molecular weight excluding hydrogens is 811 g/mol. The van der Waals surface area contributed by atoms with Gasteiger partial charge in [0.25, 0.3) is 0 Å². The van der Waals surface area contributed by atoms with Gasteiger partial charge in [0.1, 0.15) is 0 Å². The van der Waals surface area contributed by atoms with Crippen molar-refractivity contribution in [3.63, 3.8) is 0 Å². The molecule has 0 amide bonds. The van der Waals surface area contributed by atoms with Crippen LogP contribution in [0.2, 0.25) is 0 Å². The lowest BCUT2D eigenvalue weighted by atomic mass is 10.0. The fourth-order valence-corrected chi connectivity index (χ4v) is 11.4. The van der Waals surface area contributed by atoms with E-state index in [9.17, 15) is 0 Å². The third-order valence-electron chi connectivity index (χ3n) is 13.1. The van der Waals surface area contributed by atoms with Gasteiger partial charge < -0.3 is 9.13 Å². The van der Waals surface area contributed by atoms with Crippen molar-refractivity contribution in [3.8, 4) is 45.5 Å². The molecule has 0 saturated carbocycles. The van der Waals surface area contributed by atoms with Crippen LogP contribution in [0.1, 0.15) is 0 Å². The number of thiophene rings is 1. The Morgan fingerprint density at radius 2 is 0.892 bits per heavy atom. The molecule has 0 aliphatic heterocycles. The van der Waals surface area contributed by atoms with E-state index in [2.05, 4.69) is 203 Å². The van der Waals surface area contributed by atoms with Crippen LogP contribution in [0.5, 0.6) is 0 Å². The molecule has 0 radical (unpaired) electrons. The Bertz CT molecular complexity index is 4200. The predicted octanol–water partition coefficient (Wildman–Crippen LogP) is 15.7. The molecular formula is C59H35N5S. The molecule has 4 aromatic heterocycles. The summed E-state index contributed by atoms with van der Waals surface area (Å²) in [5, 5.41) is 12.0. The van der Waals surface area contributed by atoms with Crippen molar-refractivity contribution in [2.75, 3.05) is 0 Å². The molecule has 10 aromatic carbocycles. The number of hydrogen-bond donors (Lipinski definition) is 0. The van der Waals surface area contributed by atoms with Crippen LogP contribution in [-0.2, 0) is 0 Å². The Hall–Kier alpha value is -8.45.